The van der Waals surface area contributed by atoms with E-state index in [0.29, 0.717) is 17.0 Å². The first kappa shape index (κ1) is 17.4. The third-order valence-electron chi connectivity index (χ3n) is 4.23. The van der Waals surface area contributed by atoms with Crippen LogP contribution in [0.3, 0.4) is 0 Å². The second-order valence-corrected chi connectivity index (χ2v) is 6.92. The minimum atomic E-state index is -0.344. The summed E-state index contributed by atoms with van der Waals surface area (Å²) in [5, 5.41) is 4.68. The molecule has 0 aliphatic carbocycles. The van der Waals surface area contributed by atoms with Gasteiger partial charge < -0.3 is 19.0 Å². The lowest BCUT2D eigenvalue weighted by Gasteiger charge is -2.11. The molecule has 0 spiro atoms. The number of fused-ring (bicyclic) bond motifs is 3. The molecule has 4 aromatic rings. The molecule has 0 atom stereocenters. The van der Waals surface area contributed by atoms with Gasteiger partial charge in [-0.2, -0.15) is 0 Å². The number of hydrogen-bond donors (Lipinski definition) is 1. The molecule has 2 heterocycles. The van der Waals surface area contributed by atoms with Crippen molar-refractivity contribution in [2.75, 3.05) is 12.4 Å². The number of benzene rings is 2. The normalized spacial score (nSPS) is 11.0. The number of nitrogens with one attached hydrogen (secondary N) is 1. The SMILES string of the molecule is COc1cc2c(cc1NC(=O)Cn1cc(Br)ccc1=O)oc1ccccc12. The molecule has 6 nitrogen and oxygen atoms in total. The van der Waals surface area contributed by atoms with Crippen molar-refractivity contribution in [2.45, 2.75) is 6.54 Å². The monoisotopic (exact) mass is 426 g/mol. The second-order valence-electron chi connectivity index (χ2n) is 6.01. The predicted molar refractivity (Wildman–Crippen MR) is 107 cm³/mol. The topological polar surface area (TPSA) is 73.5 Å². The number of carbonyl (C=O) groups is 1. The summed E-state index contributed by atoms with van der Waals surface area (Å²) in [6.07, 6.45) is 1.57. The molecule has 2 aromatic carbocycles. The lowest BCUT2D eigenvalue weighted by atomic mass is 10.1. The van der Waals surface area contributed by atoms with E-state index in [4.69, 9.17) is 9.15 Å². The molecule has 4 rings (SSSR count). The Bertz CT molecular complexity index is 1230. The highest BCUT2D eigenvalue weighted by Gasteiger charge is 2.14. The number of pyridine rings is 1. The second kappa shape index (κ2) is 6.92. The molecular formula is C20H15BrN2O4. The predicted octanol–water partition coefficient (Wildman–Crippen LogP) is 4.16. The van der Waals surface area contributed by atoms with Crippen molar-refractivity contribution in [3.05, 3.63) is 69.6 Å². The van der Waals surface area contributed by atoms with Crippen LogP contribution >= 0.6 is 15.9 Å². The van der Waals surface area contributed by atoms with Crippen LogP contribution in [0.2, 0.25) is 0 Å². The van der Waals surface area contributed by atoms with Gasteiger partial charge in [0.2, 0.25) is 5.91 Å². The average molecular weight is 427 g/mol. The molecule has 0 saturated carbocycles. The van der Waals surface area contributed by atoms with Gasteiger partial charge in [-0.3, -0.25) is 9.59 Å². The Kier molecular flexibility index (Phi) is 4.45. The number of halogens is 1. The highest BCUT2D eigenvalue weighted by atomic mass is 79.9. The number of anilines is 1. The fraction of sp³-hybridized carbons (Fsp3) is 0.100. The quantitative estimate of drug-likeness (QED) is 0.531. The summed E-state index contributed by atoms with van der Waals surface area (Å²) in [7, 11) is 1.54. The first-order valence-electron chi connectivity index (χ1n) is 8.20. The Morgan fingerprint density at radius 1 is 1.15 bits per heavy atom. The molecule has 0 aliphatic rings. The van der Waals surface area contributed by atoms with E-state index in [1.807, 2.05) is 30.3 Å². The van der Waals surface area contributed by atoms with E-state index < -0.39 is 0 Å². The minimum Gasteiger partial charge on any atom is -0.495 e. The lowest BCUT2D eigenvalue weighted by Crippen LogP contribution is -2.26. The zero-order valence-electron chi connectivity index (χ0n) is 14.4. The summed E-state index contributed by atoms with van der Waals surface area (Å²) >= 11 is 3.30. The van der Waals surface area contributed by atoms with Crippen molar-refractivity contribution in [3.8, 4) is 5.75 Å². The maximum Gasteiger partial charge on any atom is 0.251 e. The molecule has 1 amide bonds. The number of aromatic nitrogens is 1. The molecule has 0 saturated heterocycles. The third-order valence-corrected chi connectivity index (χ3v) is 4.70. The van der Waals surface area contributed by atoms with Gasteiger partial charge >= 0.3 is 0 Å². The summed E-state index contributed by atoms with van der Waals surface area (Å²) in [4.78, 5) is 24.3. The van der Waals surface area contributed by atoms with Crippen molar-refractivity contribution in [1.82, 2.24) is 4.57 Å². The molecule has 0 radical (unpaired) electrons. The van der Waals surface area contributed by atoms with Crippen LogP contribution in [-0.2, 0) is 11.3 Å². The minimum absolute atomic E-state index is 0.112. The Labute approximate surface area is 162 Å². The van der Waals surface area contributed by atoms with Crippen LogP contribution in [0, 0.1) is 0 Å². The number of methoxy groups -OCH3 is 1. The van der Waals surface area contributed by atoms with Crippen LogP contribution < -0.4 is 15.6 Å². The average Bonchev–Trinajstić information content (AvgIpc) is 3.01. The van der Waals surface area contributed by atoms with Crippen molar-refractivity contribution < 1.29 is 13.9 Å². The zero-order valence-corrected chi connectivity index (χ0v) is 15.9. The van der Waals surface area contributed by atoms with Gasteiger partial charge in [-0.15, -0.1) is 0 Å². The van der Waals surface area contributed by atoms with Crippen molar-refractivity contribution in [1.29, 1.82) is 0 Å². The largest absolute Gasteiger partial charge is 0.495 e. The van der Waals surface area contributed by atoms with Gasteiger partial charge in [0.05, 0.1) is 12.8 Å². The molecule has 27 heavy (non-hydrogen) atoms. The van der Waals surface area contributed by atoms with Gasteiger partial charge in [0.15, 0.2) is 0 Å². The molecule has 1 N–H and O–H groups in total. The number of nitrogens with zero attached hydrogens (tertiary/aromatic N) is 1. The fourth-order valence-corrected chi connectivity index (χ4v) is 3.37. The molecule has 7 heteroatoms. The number of furan rings is 1. The molecule has 136 valence electrons. The first-order chi connectivity index (χ1) is 13.0. The van der Waals surface area contributed by atoms with Crippen LogP contribution in [0.1, 0.15) is 0 Å². The summed E-state index contributed by atoms with van der Waals surface area (Å²) < 4.78 is 13.3. The van der Waals surface area contributed by atoms with E-state index in [1.165, 1.54) is 17.7 Å². The first-order valence-corrected chi connectivity index (χ1v) is 8.99. The van der Waals surface area contributed by atoms with E-state index in [2.05, 4.69) is 21.2 Å². The van der Waals surface area contributed by atoms with Crippen molar-refractivity contribution in [2.24, 2.45) is 0 Å². The smallest absolute Gasteiger partial charge is 0.251 e. The number of ether oxygens (including phenoxy) is 1. The maximum atomic E-state index is 12.4. The van der Waals surface area contributed by atoms with E-state index >= 15 is 0 Å². The summed E-state index contributed by atoms with van der Waals surface area (Å²) in [6.45, 7) is -0.112. The van der Waals surface area contributed by atoms with E-state index in [-0.39, 0.29) is 18.0 Å². The van der Waals surface area contributed by atoms with Crippen LogP contribution in [0.4, 0.5) is 5.69 Å². The Morgan fingerprint density at radius 2 is 1.96 bits per heavy atom. The van der Waals surface area contributed by atoms with Crippen LogP contribution in [0.15, 0.2) is 68.4 Å². The molecule has 0 bridgehead atoms. The highest BCUT2D eigenvalue weighted by Crippen LogP contribution is 2.36. The highest BCUT2D eigenvalue weighted by molar-refractivity contribution is 9.10. The summed E-state index contributed by atoms with van der Waals surface area (Å²) in [5.41, 5.74) is 1.63. The van der Waals surface area contributed by atoms with Crippen molar-refractivity contribution >= 4 is 49.5 Å². The van der Waals surface area contributed by atoms with E-state index in [9.17, 15) is 9.59 Å². The van der Waals surface area contributed by atoms with E-state index in [0.717, 1.165) is 20.8 Å². The lowest BCUT2D eigenvalue weighted by molar-refractivity contribution is -0.116. The van der Waals surface area contributed by atoms with Gasteiger partial charge in [0.1, 0.15) is 23.5 Å². The van der Waals surface area contributed by atoms with Gasteiger partial charge in [-0.1, -0.05) is 18.2 Å². The number of amides is 1. The fourth-order valence-electron chi connectivity index (χ4n) is 2.99. The molecule has 0 aliphatic heterocycles. The van der Waals surface area contributed by atoms with Gasteiger partial charge in [0.25, 0.3) is 5.56 Å². The third kappa shape index (κ3) is 3.33. The van der Waals surface area contributed by atoms with Crippen LogP contribution in [0.5, 0.6) is 5.75 Å². The summed E-state index contributed by atoms with van der Waals surface area (Å²) in [6, 6.07) is 14.3. The van der Waals surface area contributed by atoms with E-state index in [1.54, 1.807) is 18.3 Å². The number of hydrogen-bond acceptors (Lipinski definition) is 4. The molecule has 2 aromatic heterocycles. The summed E-state index contributed by atoms with van der Waals surface area (Å²) in [5.74, 6) is 0.174. The van der Waals surface area contributed by atoms with Crippen molar-refractivity contribution in [3.63, 3.8) is 0 Å². The number of para-hydroxylation sites is 1. The Hall–Kier alpha value is -3.06. The maximum absolute atomic E-state index is 12.4. The van der Waals surface area contributed by atoms with Gasteiger partial charge in [-0.25, -0.2) is 0 Å². The van der Waals surface area contributed by atoms with Gasteiger partial charge in [-0.05, 0) is 34.1 Å². The Morgan fingerprint density at radius 3 is 2.78 bits per heavy atom. The Balaban J connectivity index is 1.68. The molecular weight excluding hydrogens is 412 g/mol. The van der Waals surface area contributed by atoms with Crippen LogP contribution in [-0.4, -0.2) is 17.6 Å². The number of carbonyl (C=O) groups excluding carboxylic acids is 1. The van der Waals surface area contributed by atoms with Crippen LogP contribution in [0.25, 0.3) is 21.9 Å². The van der Waals surface area contributed by atoms with Gasteiger partial charge in [0, 0.05) is 33.6 Å². The number of rotatable bonds is 4. The molecule has 0 unspecified atom stereocenters. The zero-order chi connectivity index (χ0) is 19.0. The molecule has 0 fully saturated rings. The standard InChI is InChI=1S/C20H15BrN2O4/c1-26-18-8-14-13-4-2-3-5-16(13)27-17(14)9-15(18)22-19(24)11-23-10-12(21)6-7-20(23)25/h2-10H,11H2,1H3,(H,22,24).